The summed E-state index contributed by atoms with van der Waals surface area (Å²) in [5, 5.41) is 0.609. The molecule has 1 atom stereocenters. The molecule has 0 aromatic heterocycles. The number of hydrogen-bond acceptors (Lipinski definition) is 5. The van der Waals surface area contributed by atoms with Crippen molar-refractivity contribution in [2.45, 2.75) is 20.3 Å². The van der Waals surface area contributed by atoms with Crippen LogP contribution in [0.1, 0.15) is 30.6 Å². The molecule has 31 heavy (non-hydrogen) atoms. The van der Waals surface area contributed by atoms with Crippen molar-refractivity contribution in [1.82, 2.24) is 4.72 Å². The molecule has 164 valence electrons. The number of amides is 1. The summed E-state index contributed by atoms with van der Waals surface area (Å²) in [6, 6.07) is 5.95. The quantitative estimate of drug-likeness (QED) is 0.519. The maximum Gasteiger partial charge on any atom is 0.337 e. The van der Waals surface area contributed by atoms with E-state index in [-0.39, 0.29) is 35.5 Å². The number of fused-ring (bicyclic) bond motifs is 1. The van der Waals surface area contributed by atoms with Crippen LogP contribution in [0.25, 0.3) is 10.8 Å². The lowest BCUT2D eigenvalue weighted by atomic mass is 10.0. The Morgan fingerprint density at radius 3 is 2.74 bits per heavy atom. The highest BCUT2D eigenvalue weighted by Gasteiger charge is 2.32. The summed E-state index contributed by atoms with van der Waals surface area (Å²) in [6.45, 7) is 3.75. The predicted octanol–water partition coefficient (Wildman–Crippen LogP) is 3.57. The molecule has 0 radical (unpaired) electrons. The number of allylic oxidation sites excluding steroid dienone is 2. The molecular weight excluding hydrogens is 423 g/mol. The average molecular weight is 447 g/mol. The van der Waals surface area contributed by atoms with Crippen molar-refractivity contribution in [3.05, 3.63) is 59.4 Å². The van der Waals surface area contributed by atoms with Gasteiger partial charge in [0.15, 0.2) is 5.82 Å². The van der Waals surface area contributed by atoms with Crippen LogP contribution in [0.15, 0.2) is 48.1 Å². The standard InChI is InChI=1S/C22H23FN2O5S/c1-4-6-7-14(5-2)13-30-18-11-16-10-15(22(27)29-3)8-9-17(16)20(23)21(18)25-12-19(26)24-31(25)28/h5-11H,4,12-13H2,1-3H3,(H,24,26)/b7-6-,14-5+. The first-order chi connectivity index (χ1) is 14.9. The fraction of sp³-hybridized carbons (Fsp3) is 0.273. The number of nitrogens with one attached hydrogen (secondary N) is 1. The molecule has 1 saturated heterocycles. The minimum absolute atomic E-state index is 0.0788. The third-order valence-electron chi connectivity index (χ3n) is 4.71. The van der Waals surface area contributed by atoms with E-state index in [0.29, 0.717) is 5.39 Å². The maximum atomic E-state index is 15.6. The van der Waals surface area contributed by atoms with E-state index >= 15 is 4.39 Å². The molecule has 0 aliphatic carbocycles. The van der Waals surface area contributed by atoms with Crippen LogP contribution < -0.4 is 13.8 Å². The smallest absolute Gasteiger partial charge is 0.337 e. The van der Waals surface area contributed by atoms with Gasteiger partial charge in [-0.3, -0.25) is 13.8 Å². The summed E-state index contributed by atoms with van der Waals surface area (Å²) >= 11 is -1.93. The minimum Gasteiger partial charge on any atom is -0.487 e. The molecule has 0 bridgehead atoms. The Balaban J connectivity index is 2.11. The van der Waals surface area contributed by atoms with Gasteiger partial charge in [-0.05, 0) is 42.5 Å². The second-order valence-corrected chi connectivity index (χ2v) is 7.88. The number of esters is 1. The van der Waals surface area contributed by atoms with E-state index in [4.69, 9.17) is 9.47 Å². The van der Waals surface area contributed by atoms with Crippen molar-refractivity contribution in [3.8, 4) is 5.75 Å². The van der Waals surface area contributed by atoms with Gasteiger partial charge in [-0.25, -0.2) is 13.4 Å². The molecular formula is C22H23FN2O5S. The number of halogens is 1. The third kappa shape index (κ3) is 4.77. The van der Waals surface area contributed by atoms with Gasteiger partial charge in [0.25, 0.3) is 5.91 Å². The summed E-state index contributed by atoms with van der Waals surface area (Å²) < 4.78 is 41.9. The van der Waals surface area contributed by atoms with Crippen LogP contribution in [-0.2, 0) is 20.7 Å². The summed E-state index contributed by atoms with van der Waals surface area (Å²) in [7, 11) is 1.26. The topological polar surface area (TPSA) is 84.9 Å². The fourth-order valence-corrected chi connectivity index (χ4v) is 4.05. The van der Waals surface area contributed by atoms with E-state index in [0.717, 1.165) is 16.3 Å². The van der Waals surface area contributed by atoms with Crippen molar-refractivity contribution in [2.75, 3.05) is 24.6 Å². The Labute approximate surface area is 182 Å². The van der Waals surface area contributed by atoms with Gasteiger partial charge in [0.05, 0.1) is 12.7 Å². The fourth-order valence-electron chi connectivity index (χ4n) is 3.11. The van der Waals surface area contributed by atoms with Crippen LogP contribution in [0.5, 0.6) is 5.75 Å². The lowest BCUT2D eigenvalue weighted by Crippen LogP contribution is -2.24. The number of ether oxygens (including phenoxy) is 2. The van der Waals surface area contributed by atoms with Gasteiger partial charge in [0.1, 0.15) is 24.6 Å². The van der Waals surface area contributed by atoms with Crippen molar-refractivity contribution in [1.29, 1.82) is 0 Å². The first kappa shape index (κ1) is 22.5. The molecule has 0 saturated carbocycles. The van der Waals surface area contributed by atoms with Crippen LogP contribution in [0.3, 0.4) is 0 Å². The number of rotatable bonds is 7. The van der Waals surface area contributed by atoms with Crippen molar-refractivity contribution >= 4 is 39.5 Å². The van der Waals surface area contributed by atoms with Crippen LogP contribution in [0, 0.1) is 5.82 Å². The van der Waals surface area contributed by atoms with Crippen LogP contribution >= 0.6 is 0 Å². The molecule has 1 aliphatic heterocycles. The number of carbonyl (C=O) groups excluding carboxylic acids is 2. The van der Waals surface area contributed by atoms with Gasteiger partial charge < -0.3 is 9.47 Å². The zero-order valence-corrected chi connectivity index (χ0v) is 18.3. The molecule has 1 aliphatic rings. The lowest BCUT2D eigenvalue weighted by Gasteiger charge is -2.21. The van der Waals surface area contributed by atoms with E-state index < -0.39 is 28.9 Å². The summed E-state index contributed by atoms with van der Waals surface area (Å²) in [6.07, 6.45) is 6.61. The molecule has 1 unspecified atom stereocenters. The molecule has 3 rings (SSSR count). The number of anilines is 1. The zero-order valence-electron chi connectivity index (χ0n) is 17.4. The van der Waals surface area contributed by atoms with Crippen LogP contribution in [0.4, 0.5) is 10.1 Å². The van der Waals surface area contributed by atoms with Gasteiger partial charge >= 0.3 is 5.97 Å². The highest BCUT2D eigenvalue weighted by molar-refractivity contribution is 7.85. The first-order valence-electron chi connectivity index (χ1n) is 9.67. The van der Waals surface area contributed by atoms with Crippen LogP contribution in [0.2, 0.25) is 0 Å². The van der Waals surface area contributed by atoms with E-state index in [2.05, 4.69) is 4.72 Å². The first-order valence-corrected chi connectivity index (χ1v) is 10.8. The maximum absolute atomic E-state index is 15.6. The van der Waals surface area contributed by atoms with Gasteiger partial charge in [-0.1, -0.05) is 31.2 Å². The number of carbonyl (C=O) groups is 2. The zero-order chi connectivity index (χ0) is 22.5. The lowest BCUT2D eigenvalue weighted by molar-refractivity contribution is -0.117. The number of benzene rings is 2. The largest absolute Gasteiger partial charge is 0.487 e. The highest BCUT2D eigenvalue weighted by atomic mass is 32.2. The van der Waals surface area contributed by atoms with Crippen LogP contribution in [-0.4, -0.2) is 36.3 Å². The van der Waals surface area contributed by atoms with E-state index in [1.54, 1.807) is 6.07 Å². The van der Waals surface area contributed by atoms with Gasteiger partial charge in [-0.15, -0.1) is 0 Å². The van der Waals surface area contributed by atoms with Crippen molar-refractivity contribution in [2.24, 2.45) is 0 Å². The molecule has 7 nitrogen and oxygen atoms in total. The van der Waals surface area contributed by atoms with Gasteiger partial charge in [-0.2, -0.15) is 0 Å². The molecule has 9 heteroatoms. The Bertz CT molecular complexity index is 1110. The normalized spacial score (nSPS) is 16.8. The Kier molecular flexibility index (Phi) is 7.06. The molecule has 0 spiro atoms. The Hall–Kier alpha value is -3.20. The van der Waals surface area contributed by atoms with Crippen molar-refractivity contribution < 1.29 is 27.7 Å². The molecule has 1 N–H and O–H groups in total. The molecule has 1 fully saturated rings. The predicted molar refractivity (Wildman–Crippen MR) is 118 cm³/mol. The monoisotopic (exact) mass is 446 g/mol. The molecule has 1 amide bonds. The molecule has 2 aromatic rings. The molecule has 1 heterocycles. The SMILES string of the molecule is C/C=C(\C=C/CC)COc1cc2cc(C(=O)OC)ccc2c(F)c1N1CC(=O)NS1=O. The van der Waals surface area contributed by atoms with Gasteiger partial charge in [0, 0.05) is 5.39 Å². The second kappa shape index (κ2) is 9.74. The second-order valence-electron chi connectivity index (χ2n) is 6.74. The summed E-state index contributed by atoms with van der Waals surface area (Å²) in [5.41, 5.74) is 1.05. The van der Waals surface area contributed by atoms with Gasteiger partial charge in [0.2, 0.25) is 11.2 Å². The summed E-state index contributed by atoms with van der Waals surface area (Å²) in [4.78, 5) is 23.6. The number of nitrogens with zero attached hydrogens (tertiary/aromatic N) is 1. The van der Waals surface area contributed by atoms with E-state index in [9.17, 15) is 13.8 Å². The average Bonchev–Trinajstić information content (AvgIpc) is 3.10. The summed E-state index contributed by atoms with van der Waals surface area (Å²) in [5.74, 6) is -1.61. The number of methoxy groups -OCH3 is 1. The van der Waals surface area contributed by atoms with E-state index in [1.165, 1.54) is 25.3 Å². The Morgan fingerprint density at radius 2 is 2.13 bits per heavy atom. The Morgan fingerprint density at radius 1 is 1.35 bits per heavy atom. The minimum atomic E-state index is -1.93. The third-order valence-corrected chi connectivity index (χ3v) is 5.82. The highest BCUT2D eigenvalue weighted by Crippen LogP contribution is 2.39. The van der Waals surface area contributed by atoms with Crippen molar-refractivity contribution in [3.63, 3.8) is 0 Å². The number of hydrogen-bond donors (Lipinski definition) is 1. The molecule has 2 aromatic carbocycles. The van der Waals surface area contributed by atoms with E-state index in [1.807, 2.05) is 32.1 Å².